The lowest BCUT2D eigenvalue weighted by Crippen LogP contribution is -2.40. The second-order valence-corrected chi connectivity index (χ2v) is 8.62. The summed E-state index contributed by atoms with van der Waals surface area (Å²) in [5, 5.41) is 1.88. The first-order chi connectivity index (χ1) is 13.5. The molecule has 0 atom stereocenters. The molecule has 3 nitrogen and oxygen atoms in total. The van der Waals surface area contributed by atoms with Crippen molar-refractivity contribution in [1.29, 1.82) is 0 Å². The summed E-state index contributed by atoms with van der Waals surface area (Å²) in [5.74, 6) is 0. The molecule has 28 heavy (non-hydrogen) atoms. The van der Waals surface area contributed by atoms with Gasteiger partial charge in [-0.05, 0) is 69.4 Å². The number of fused-ring (bicyclic) bond motifs is 1. The Morgan fingerprint density at radius 3 is 2.43 bits per heavy atom. The van der Waals surface area contributed by atoms with Crippen LogP contribution in [0, 0.1) is 13.8 Å². The van der Waals surface area contributed by atoms with Gasteiger partial charge in [-0.25, -0.2) is 0 Å². The largest absolute Gasteiger partial charge is 0.364 e. The highest BCUT2D eigenvalue weighted by Gasteiger charge is 2.26. The van der Waals surface area contributed by atoms with E-state index in [-0.39, 0.29) is 0 Å². The summed E-state index contributed by atoms with van der Waals surface area (Å²) in [4.78, 5) is 7.11. The molecule has 4 rings (SSSR count). The molecule has 1 saturated carbocycles. The molecule has 1 aliphatic rings. The van der Waals surface area contributed by atoms with Crippen molar-refractivity contribution in [3.8, 4) is 0 Å². The Balaban J connectivity index is 1.77. The molecule has 0 aliphatic heterocycles. The average Bonchev–Trinajstić information content (AvgIpc) is 2.65. The van der Waals surface area contributed by atoms with Crippen LogP contribution in [0.15, 0.2) is 48.7 Å². The smallest absolute Gasteiger partial charge is 0.0737 e. The van der Waals surface area contributed by atoms with Crippen LogP contribution in [0.5, 0.6) is 0 Å². The number of hydrogen-bond acceptors (Lipinski definition) is 3. The van der Waals surface area contributed by atoms with Gasteiger partial charge in [-0.15, -0.1) is 0 Å². The fourth-order valence-corrected chi connectivity index (χ4v) is 4.70. The Morgan fingerprint density at radius 1 is 1.00 bits per heavy atom. The summed E-state index contributed by atoms with van der Waals surface area (Å²) in [6.45, 7) is 5.23. The molecule has 2 aromatic carbocycles. The van der Waals surface area contributed by atoms with E-state index in [2.05, 4.69) is 54.1 Å². The molecule has 0 radical (unpaired) electrons. The first kappa shape index (κ1) is 19.2. The lowest BCUT2D eigenvalue weighted by molar-refractivity contribution is 0.375. The van der Waals surface area contributed by atoms with Crippen LogP contribution < -0.4 is 10.6 Å². The van der Waals surface area contributed by atoms with Gasteiger partial charge in [0.05, 0.1) is 5.52 Å². The van der Waals surface area contributed by atoms with Crippen molar-refractivity contribution in [2.75, 3.05) is 4.90 Å². The summed E-state index contributed by atoms with van der Waals surface area (Å²) >= 11 is 6.21. The first-order valence-corrected chi connectivity index (χ1v) is 10.5. The SMILES string of the molecule is Cc1cc(C)cc(CN(c2ccnc3cc(Cl)ccc23)C2CCC(N)CC2)c1. The molecule has 0 bridgehead atoms. The molecule has 0 saturated heterocycles. The van der Waals surface area contributed by atoms with Gasteiger partial charge >= 0.3 is 0 Å². The van der Waals surface area contributed by atoms with Crippen molar-refractivity contribution >= 4 is 28.2 Å². The van der Waals surface area contributed by atoms with Gasteiger partial charge in [0.2, 0.25) is 0 Å². The maximum absolute atomic E-state index is 6.21. The van der Waals surface area contributed by atoms with Crippen molar-refractivity contribution < 1.29 is 0 Å². The number of hydrogen-bond donors (Lipinski definition) is 1. The average molecular weight is 394 g/mol. The summed E-state index contributed by atoms with van der Waals surface area (Å²) < 4.78 is 0. The number of halogens is 1. The van der Waals surface area contributed by atoms with Gasteiger partial charge in [0.1, 0.15) is 0 Å². The van der Waals surface area contributed by atoms with Crippen LogP contribution in [-0.4, -0.2) is 17.1 Å². The first-order valence-electron chi connectivity index (χ1n) is 10.1. The lowest BCUT2D eigenvalue weighted by atomic mass is 9.90. The predicted molar refractivity (Wildman–Crippen MR) is 119 cm³/mol. The zero-order chi connectivity index (χ0) is 19.7. The Bertz CT molecular complexity index is 956. The maximum atomic E-state index is 6.21. The molecule has 2 N–H and O–H groups in total. The van der Waals surface area contributed by atoms with Crippen molar-refractivity contribution in [2.45, 2.75) is 58.2 Å². The molecule has 3 aromatic rings. The number of rotatable bonds is 4. The molecule has 1 aromatic heterocycles. The van der Waals surface area contributed by atoms with E-state index in [9.17, 15) is 0 Å². The minimum Gasteiger partial charge on any atom is -0.364 e. The van der Waals surface area contributed by atoms with Crippen LogP contribution >= 0.6 is 11.6 Å². The van der Waals surface area contributed by atoms with Crippen LogP contribution in [0.4, 0.5) is 5.69 Å². The molecule has 0 spiro atoms. The fourth-order valence-electron chi connectivity index (χ4n) is 4.54. The van der Waals surface area contributed by atoms with Crippen molar-refractivity contribution in [1.82, 2.24) is 4.98 Å². The van der Waals surface area contributed by atoms with Crippen LogP contribution in [0.25, 0.3) is 10.9 Å². The predicted octanol–water partition coefficient (Wildman–Crippen LogP) is 5.78. The second-order valence-electron chi connectivity index (χ2n) is 8.18. The Kier molecular flexibility index (Phi) is 5.56. The normalized spacial score (nSPS) is 19.7. The molecular weight excluding hydrogens is 366 g/mol. The van der Waals surface area contributed by atoms with Gasteiger partial charge in [0.15, 0.2) is 0 Å². The quantitative estimate of drug-likeness (QED) is 0.610. The fraction of sp³-hybridized carbons (Fsp3) is 0.375. The van der Waals surface area contributed by atoms with E-state index in [1.54, 1.807) is 0 Å². The van der Waals surface area contributed by atoms with E-state index in [0.717, 1.165) is 48.2 Å². The number of aromatic nitrogens is 1. The number of anilines is 1. The van der Waals surface area contributed by atoms with Gasteiger partial charge in [0.25, 0.3) is 0 Å². The van der Waals surface area contributed by atoms with E-state index >= 15 is 0 Å². The third kappa shape index (κ3) is 4.16. The molecule has 1 aliphatic carbocycles. The third-order valence-electron chi connectivity index (χ3n) is 5.81. The Hall–Kier alpha value is -2.10. The van der Waals surface area contributed by atoms with Gasteiger partial charge in [0, 0.05) is 40.9 Å². The molecular formula is C24H28ClN3. The summed E-state index contributed by atoms with van der Waals surface area (Å²) in [6.07, 6.45) is 6.33. The van der Waals surface area contributed by atoms with E-state index in [4.69, 9.17) is 17.3 Å². The number of pyridine rings is 1. The number of benzene rings is 2. The highest BCUT2D eigenvalue weighted by molar-refractivity contribution is 6.31. The zero-order valence-electron chi connectivity index (χ0n) is 16.7. The van der Waals surface area contributed by atoms with Crippen LogP contribution in [0.3, 0.4) is 0 Å². The van der Waals surface area contributed by atoms with Crippen LogP contribution in [0.2, 0.25) is 5.02 Å². The van der Waals surface area contributed by atoms with Crippen LogP contribution in [-0.2, 0) is 6.54 Å². The number of aryl methyl sites for hydroxylation is 2. The zero-order valence-corrected chi connectivity index (χ0v) is 17.4. The molecule has 0 amide bonds. The minimum absolute atomic E-state index is 0.340. The third-order valence-corrected chi connectivity index (χ3v) is 6.04. The van der Waals surface area contributed by atoms with Gasteiger partial charge < -0.3 is 10.6 Å². The second kappa shape index (κ2) is 8.10. The van der Waals surface area contributed by atoms with E-state index in [0.29, 0.717) is 12.1 Å². The highest BCUT2D eigenvalue weighted by Crippen LogP contribution is 2.34. The number of nitrogens with zero attached hydrogens (tertiary/aromatic N) is 2. The molecule has 1 fully saturated rings. The van der Waals surface area contributed by atoms with E-state index in [1.807, 2.05) is 18.3 Å². The topological polar surface area (TPSA) is 42.2 Å². The summed E-state index contributed by atoms with van der Waals surface area (Å²) in [7, 11) is 0. The van der Waals surface area contributed by atoms with E-state index < -0.39 is 0 Å². The lowest BCUT2D eigenvalue weighted by Gasteiger charge is -2.38. The maximum Gasteiger partial charge on any atom is 0.0737 e. The Labute approximate surface area is 172 Å². The summed E-state index contributed by atoms with van der Waals surface area (Å²) in [6, 6.07) is 15.8. The van der Waals surface area contributed by atoms with Gasteiger partial charge in [-0.2, -0.15) is 0 Å². The van der Waals surface area contributed by atoms with Gasteiger partial charge in [-0.3, -0.25) is 4.98 Å². The van der Waals surface area contributed by atoms with Gasteiger partial charge in [-0.1, -0.05) is 40.9 Å². The Morgan fingerprint density at radius 2 is 1.71 bits per heavy atom. The summed E-state index contributed by atoms with van der Waals surface area (Å²) in [5.41, 5.74) is 12.4. The van der Waals surface area contributed by atoms with Crippen molar-refractivity contribution in [2.24, 2.45) is 5.73 Å². The van der Waals surface area contributed by atoms with E-state index in [1.165, 1.54) is 22.4 Å². The number of nitrogens with two attached hydrogens (primary N) is 1. The molecule has 4 heteroatoms. The standard InChI is InChI=1S/C24H28ClN3/c1-16-11-17(2)13-18(12-16)15-28(21-6-4-20(26)5-7-21)24-9-10-27-23-14-19(25)3-8-22(23)24/h3,8-14,20-21H,4-7,15,26H2,1-2H3. The van der Waals surface area contributed by atoms with Crippen molar-refractivity contribution in [3.63, 3.8) is 0 Å². The molecule has 1 heterocycles. The van der Waals surface area contributed by atoms with Crippen molar-refractivity contribution in [3.05, 3.63) is 70.4 Å². The van der Waals surface area contributed by atoms with Crippen LogP contribution in [0.1, 0.15) is 42.4 Å². The minimum atomic E-state index is 0.340. The highest BCUT2D eigenvalue weighted by atomic mass is 35.5. The molecule has 146 valence electrons. The molecule has 0 unspecified atom stereocenters. The monoisotopic (exact) mass is 393 g/mol.